The van der Waals surface area contributed by atoms with Gasteiger partial charge >= 0.3 is 0 Å². The standard InChI is InChI=1S/C19H27N3S2.3ClH/c1-21-9-11-22(12-10-21)8-2-6-20-7-3-19(17-4-13-23-15-17)18-5-14-24-16-18;;;/h3-5,13-16,20H,2,6-12H2,1H3;3*1H. The van der Waals surface area contributed by atoms with Gasteiger partial charge in [-0.05, 0) is 56.4 Å². The SMILES string of the molecule is C[NH+]1CC[NH+](CCC[NH2+]CC=C(c2ccsc2)c2ccsc2)CC1.[Cl-].[Cl-].[Cl-]. The number of quaternary nitrogens is 3. The second-order valence-electron chi connectivity index (χ2n) is 6.77. The van der Waals surface area contributed by atoms with Gasteiger partial charge < -0.3 is 52.3 Å². The number of nitrogens with one attached hydrogen (secondary N) is 2. The first-order valence-corrected chi connectivity index (χ1v) is 10.9. The Kier molecular flexibility index (Phi) is 14.8. The summed E-state index contributed by atoms with van der Waals surface area (Å²) < 4.78 is 0. The summed E-state index contributed by atoms with van der Waals surface area (Å²) in [6, 6.07) is 4.46. The van der Waals surface area contributed by atoms with Gasteiger partial charge in [-0.3, -0.25) is 0 Å². The van der Waals surface area contributed by atoms with Crippen LogP contribution in [0.1, 0.15) is 17.5 Å². The van der Waals surface area contributed by atoms with Crippen molar-refractivity contribution in [3.05, 3.63) is 50.9 Å². The number of thiophene rings is 2. The van der Waals surface area contributed by atoms with Gasteiger partial charge in [0.2, 0.25) is 0 Å². The molecule has 3 heterocycles. The number of nitrogens with two attached hydrogens (primary N) is 1. The Hall–Kier alpha value is -0.110. The quantitative estimate of drug-likeness (QED) is 0.320. The van der Waals surface area contributed by atoms with Gasteiger partial charge in [-0.2, -0.15) is 22.7 Å². The molecule has 4 N–H and O–H groups in total. The second kappa shape index (κ2) is 14.8. The number of piperazine rings is 1. The summed E-state index contributed by atoms with van der Waals surface area (Å²) >= 11 is 3.55. The van der Waals surface area contributed by atoms with Crippen molar-refractivity contribution in [2.24, 2.45) is 0 Å². The Morgan fingerprint density at radius 3 is 2.11 bits per heavy atom. The fraction of sp³-hybridized carbons (Fsp3) is 0.474. The average Bonchev–Trinajstić information content (AvgIpc) is 3.30. The molecule has 1 fully saturated rings. The summed E-state index contributed by atoms with van der Waals surface area (Å²) in [5.74, 6) is 0. The van der Waals surface area contributed by atoms with Gasteiger partial charge in [0.05, 0.1) is 26.7 Å². The van der Waals surface area contributed by atoms with Crippen LogP contribution in [0.2, 0.25) is 0 Å². The van der Waals surface area contributed by atoms with Crippen molar-refractivity contribution in [2.75, 3.05) is 52.9 Å². The number of hydrogen-bond acceptors (Lipinski definition) is 2. The highest BCUT2D eigenvalue weighted by molar-refractivity contribution is 7.08. The predicted molar refractivity (Wildman–Crippen MR) is 104 cm³/mol. The zero-order valence-electron chi connectivity index (χ0n) is 15.7. The molecule has 0 unspecified atom stereocenters. The minimum atomic E-state index is 0. The van der Waals surface area contributed by atoms with E-state index in [0.29, 0.717) is 0 Å². The van der Waals surface area contributed by atoms with Crippen molar-refractivity contribution in [1.29, 1.82) is 0 Å². The highest BCUT2D eigenvalue weighted by Crippen LogP contribution is 2.26. The van der Waals surface area contributed by atoms with Crippen LogP contribution in [-0.4, -0.2) is 52.9 Å². The molecule has 1 aliphatic rings. The Morgan fingerprint density at radius 1 is 1.00 bits per heavy atom. The molecule has 0 bridgehead atoms. The lowest BCUT2D eigenvalue weighted by Crippen LogP contribution is -3.27. The topological polar surface area (TPSA) is 25.5 Å². The summed E-state index contributed by atoms with van der Waals surface area (Å²) in [7, 11) is 2.31. The Morgan fingerprint density at radius 2 is 1.59 bits per heavy atom. The molecule has 0 aromatic carbocycles. The van der Waals surface area contributed by atoms with Crippen molar-refractivity contribution in [1.82, 2.24) is 0 Å². The Bertz CT molecular complexity index is 574. The maximum atomic E-state index is 2.46. The first-order valence-electron chi connectivity index (χ1n) is 9.05. The summed E-state index contributed by atoms with van der Waals surface area (Å²) in [6.07, 6.45) is 3.73. The number of halogens is 3. The van der Waals surface area contributed by atoms with Gasteiger partial charge in [0.15, 0.2) is 0 Å². The first-order chi connectivity index (χ1) is 11.8. The molecule has 1 saturated heterocycles. The fourth-order valence-electron chi connectivity index (χ4n) is 3.33. The summed E-state index contributed by atoms with van der Waals surface area (Å²) in [5.41, 5.74) is 4.11. The van der Waals surface area contributed by atoms with E-state index in [2.05, 4.69) is 52.1 Å². The third kappa shape index (κ3) is 8.84. The molecule has 154 valence electrons. The first kappa shape index (κ1) is 26.9. The molecule has 0 radical (unpaired) electrons. The zero-order valence-corrected chi connectivity index (χ0v) is 19.6. The number of likely N-dealkylation sites (N-methyl/N-ethyl adjacent to an activating group) is 1. The minimum Gasteiger partial charge on any atom is -1.00 e. The van der Waals surface area contributed by atoms with Gasteiger partial charge in [-0.25, -0.2) is 0 Å². The predicted octanol–water partition coefficient (Wildman–Crippen LogP) is -9.38. The van der Waals surface area contributed by atoms with Crippen molar-refractivity contribution < 1.29 is 52.3 Å². The van der Waals surface area contributed by atoms with Crippen LogP contribution >= 0.6 is 22.7 Å². The van der Waals surface area contributed by atoms with E-state index in [1.807, 2.05) is 4.90 Å². The third-order valence-corrected chi connectivity index (χ3v) is 6.27. The largest absolute Gasteiger partial charge is 1.00 e. The van der Waals surface area contributed by atoms with E-state index in [-0.39, 0.29) is 37.2 Å². The third-order valence-electron chi connectivity index (χ3n) is 4.90. The molecule has 3 nitrogen and oxygen atoms in total. The molecule has 27 heavy (non-hydrogen) atoms. The Labute approximate surface area is 190 Å². The molecule has 0 atom stereocenters. The number of rotatable bonds is 8. The molecule has 2 aromatic heterocycles. The molecule has 3 rings (SSSR count). The maximum Gasteiger partial charge on any atom is 0.127 e. The zero-order chi connectivity index (χ0) is 16.6. The lowest BCUT2D eigenvalue weighted by molar-refractivity contribution is -1.00. The number of hydrogen-bond donors (Lipinski definition) is 3. The molecule has 0 amide bonds. The van der Waals surface area contributed by atoms with Crippen LogP contribution in [0.3, 0.4) is 0 Å². The van der Waals surface area contributed by atoms with Crippen molar-refractivity contribution in [3.8, 4) is 0 Å². The van der Waals surface area contributed by atoms with Gasteiger partial charge in [0, 0.05) is 6.42 Å². The van der Waals surface area contributed by atoms with Crippen LogP contribution in [-0.2, 0) is 0 Å². The lowest BCUT2D eigenvalue weighted by atomic mass is 10.0. The fourth-order valence-corrected chi connectivity index (χ4v) is 4.65. The van der Waals surface area contributed by atoms with E-state index in [0.717, 1.165) is 6.54 Å². The van der Waals surface area contributed by atoms with Gasteiger partial charge in [-0.15, -0.1) is 0 Å². The van der Waals surface area contributed by atoms with Crippen molar-refractivity contribution in [2.45, 2.75) is 6.42 Å². The van der Waals surface area contributed by atoms with Gasteiger partial charge in [-0.1, -0.05) is 0 Å². The maximum absolute atomic E-state index is 2.46. The average molecular weight is 471 g/mol. The van der Waals surface area contributed by atoms with Crippen LogP contribution in [0.15, 0.2) is 39.7 Å². The lowest BCUT2D eigenvalue weighted by Gasteiger charge is -2.27. The van der Waals surface area contributed by atoms with Crippen molar-refractivity contribution in [3.63, 3.8) is 0 Å². The normalized spacial score (nSPS) is 18.6. The molecule has 0 saturated carbocycles. The second-order valence-corrected chi connectivity index (χ2v) is 8.33. The van der Waals surface area contributed by atoms with E-state index < -0.39 is 0 Å². The highest BCUT2D eigenvalue weighted by Gasteiger charge is 2.19. The van der Waals surface area contributed by atoms with E-state index in [1.165, 1.54) is 62.4 Å². The summed E-state index contributed by atoms with van der Waals surface area (Å²) in [4.78, 5) is 3.51. The van der Waals surface area contributed by atoms with Crippen LogP contribution in [0, 0.1) is 0 Å². The van der Waals surface area contributed by atoms with Gasteiger partial charge in [0.25, 0.3) is 0 Å². The van der Waals surface area contributed by atoms with Crippen LogP contribution in [0.5, 0.6) is 0 Å². The smallest absolute Gasteiger partial charge is 0.127 e. The van der Waals surface area contributed by atoms with Gasteiger partial charge in [0.1, 0.15) is 26.2 Å². The Balaban J connectivity index is 0.00000225. The minimum absolute atomic E-state index is 0. The molecular formula is C19H30Cl3N3S2. The van der Waals surface area contributed by atoms with E-state index in [1.54, 1.807) is 27.6 Å². The van der Waals surface area contributed by atoms with E-state index >= 15 is 0 Å². The molecule has 0 aliphatic carbocycles. The van der Waals surface area contributed by atoms with E-state index in [4.69, 9.17) is 0 Å². The van der Waals surface area contributed by atoms with Crippen LogP contribution < -0.4 is 52.3 Å². The summed E-state index contributed by atoms with van der Waals surface area (Å²) in [6.45, 7) is 9.04. The molecular weight excluding hydrogens is 441 g/mol. The van der Waals surface area contributed by atoms with Crippen LogP contribution in [0.25, 0.3) is 5.57 Å². The molecule has 0 spiro atoms. The van der Waals surface area contributed by atoms with Crippen molar-refractivity contribution >= 4 is 28.2 Å². The monoisotopic (exact) mass is 469 g/mol. The summed E-state index contributed by atoms with van der Waals surface area (Å²) in [5, 5.41) is 11.3. The molecule has 2 aromatic rings. The van der Waals surface area contributed by atoms with E-state index in [9.17, 15) is 0 Å². The molecule has 8 heteroatoms. The molecule has 1 aliphatic heterocycles. The van der Waals surface area contributed by atoms with Crippen LogP contribution in [0.4, 0.5) is 0 Å². The highest BCUT2D eigenvalue weighted by atomic mass is 35.5.